The normalized spacial score (nSPS) is 16.6. The number of carboxylic acid groups (broad SMARTS) is 1. The van der Waals surface area contributed by atoms with E-state index in [0.29, 0.717) is 23.8 Å². The molecule has 0 unspecified atom stereocenters. The van der Waals surface area contributed by atoms with E-state index < -0.39 is 17.7 Å². The lowest BCUT2D eigenvalue weighted by molar-refractivity contribution is -0.137. The molecule has 1 fully saturated rings. The third kappa shape index (κ3) is 6.27. The highest BCUT2D eigenvalue weighted by Gasteiger charge is 2.32. The van der Waals surface area contributed by atoms with E-state index in [-0.39, 0.29) is 11.7 Å². The molecule has 36 heavy (non-hydrogen) atoms. The molecule has 1 saturated heterocycles. The lowest BCUT2D eigenvalue weighted by Crippen LogP contribution is -2.35. The first-order valence-corrected chi connectivity index (χ1v) is 13.2. The zero-order valence-corrected chi connectivity index (χ0v) is 20.9. The van der Waals surface area contributed by atoms with Gasteiger partial charge in [0.25, 0.3) is 0 Å². The lowest BCUT2D eigenvalue weighted by Gasteiger charge is -2.36. The Kier molecular flexibility index (Phi) is 8.02. The number of rotatable bonds is 7. The van der Waals surface area contributed by atoms with Crippen LogP contribution in [0.1, 0.15) is 37.3 Å². The fraction of sp³-hybridized carbons (Fsp3) is 0.462. The van der Waals surface area contributed by atoms with Crippen molar-refractivity contribution < 1.29 is 27.9 Å². The number of alkyl halides is 3. The molecular formula is C26H30F3N3O3S. The van der Waals surface area contributed by atoms with E-state index in [1.807, 2.05) is 23.1 Å². The number of carbonyl (C=O) groups is 2. The predicted molar refractivity (Wildman–Crippen MR) is 137 cm³/mol. The summed E-state index contributed by atoms with van der Waals surface area (Å²) in [7, 11) is 0. The summed E-state index contributed by atoms with van der Waals surface area (Å²) < 4.78 is 40.2. The van der Waals surface area contributed by atoms with Crippen LogP contribution >= 0.6 is 11.8 Å². The first-order valence-electron chi connectivity index (χ1n) is 12.1. The van der Waals surface area contributed by atoms with E-state index in [9.17, 15) is 22.8 Å². The van der Waals surface area contributed by atoms with Crippen molar-refractivity contribution in [3.05, 3.63) is 47.5 Å². The predicted octanol–water partition coefficient (Wildman–Crippen LogP) is 5.78. The largest absolute Gasteiger partial charge is 0.481 e. The Morgan fingerprint density at radius 3 is 2.50 bits per heavy atom. The van der Waals surface area contributed by atoms with Crippen LogP contribution < -0.4 is 15.1 Å². The first kappa shape index (κ1) is 26.2. The third-order valence-electron chi connectivity index (χ3n) is 6.67. The Bertz CT molecular complexity index is 1120. The maximum atomic E-state index is 13.4. The van der Waals surface area contributed by atoms with Gasteiger partial charge in [-0.25, -0.2) is 0 Å². The molecule has 6 nitrogen and oxygen atoms in total. The lowest BCUT2D eigenvalue weighted by atomic mass is 9.97. The molecule has 0 atom stereocenters. The molecule has 0 spiro atoms. The second-order valence-electron chi connectivity index (χ2n) is 9.32. The quantitative estimate of drug-likeness (QED) is 0.481. The number of hydrogen-bond donors (Lipinski definition) is 2. The Morgan fingerprint density at radius 2 is 1.83 bits per heavy atom. The minimum absolute atomic E-state index is 0.110. The number of amides is 1. The van der Waals surface area contributed by atoms with Crippen LogP contribution in [0.4, 0.5) is 35.9 Å². The third-order valence-corrected chi connectivity index (χ3v) is 7.83. The Morgan fingerprint density at radius 1 is 1.08 bits per heavy atom. The molecule has 2 N–H and O–H groups in total. The number of thioether (sulfide) groups is 1. The van der Waals surface area contributed by atoms with Crippen LogP contribution in [0.15, 0.2) is 36.4 Å². The number of fused-ring (bicyclic) bond motifs is 1. The summed E-state index contributed by atoms with van der Waals surface area (Å²) in [4.78, 5) is 26.9. The van der Waals surface area contributed by atoms with Crippen LogP contribution in [-0.2, 0) is 22.2 Å². The molecule has 4 rings (SSSR count). The molecule has 0 bridgehead atoms. The van der Waals surface area contributed by atoms with Gasteiger partial charge >= 0.3 is 12.1 Å². The number of halogens is 3. The van der Waals surface area contributed by atoms with E-state index in [4.69, 9.17) is 5.11 Å². The highest BCUT2D eigenvalue weighted by atomic mass is 32.2. The number of nitrogens with one attached hydrogen (secondary N) is 1. The average molecular weight is 522 g/mol. The monoisotopic (exact) mass is 521 g/mol. The first-order chi connectivity index (χ1) is 17.1. The van der Waals surface area contributed by atoms with Crippen LogP contribution in [0.2, 0.25) is 0 Å². The van der Waals surface area contributed by atoms with Gasteiger partial charge in [-0.2, -0.15) is 13.2 Å². The van der Waals surface area contributed by atoms with Gasteiger partial charge < -0.3 is 20.2 Å². The maximum Gasteiger partial charge on any atom is 0.416 e. The molecule has 194 valence electrons. The fourth-order valence-electron chi connectivity index (χ4n) is 4.93. The minimum atomic E-state index is -4.42. The smallest absolute Gasteiger partial charge is 0.416 e. The van der Waals surface area contributed by atoms with Crippen molar-refractivity contribution >= 4 is 46.4 Å². The summed E-state index contributed by atoms with van der Waals surface area (Å²) in [6.07, 6.45) is -1.02. The second-order valence-corrected chi connectivity index (χ2v) is 10.3. The zero-order valence-electron chi connectivity index (χ0n) is 20.1. The van der Waals surface area contributed by atoms with E-state index in [1.165, 1.54) is 24.8 Å². The summed E-state index contributed by atoms with van der Waals surface area (Å²) in [5, 5.41) is 11.8. The van der Waals surface area contributed by atoms with E-state index >= 15 is 0 Å². The highest BCUT2D eigenvalue weighted by Crippen LogP contribution is 2.41. The second kappa shape index (κ2) is 11.0. The number of carbonyl (C=O) groups excluding carboxylic acids is 1. The van der Waals surface area contributed by atoms with Gasteiger partial charge in [-0.1, -0.05) is 6.07 Å². The number of carboxylic acids is 1. The van der Waals surface area contributed by atoms with Crippen LogP contribution in [-0.4, -0.2) is 48.1 Å². The topological polar surface area (TPSA) is 72.9 Å². The number of aliphatic carboxylic acids is 1. The van der Waals surface area contributed by atoms with Gasteiger partial charge in [0.2, 0.25) is 5.91 Å². The number of piperidine rings is 1. The Hall–Kier alpha value is -2.88. The van der Waals surface area contributed by atoms with Crippen molar-refractivity contribution in [2.45, 2.75) is 38.8 Å². The summed E-state index contributed by atoms with van der Waals surface area (Å²) >= 11 is 1.44. The molecule has 2 aliphatic rings. The Balaban J connectivity index is 1.56. The van der Waals surface area contributed by atoms with Crippen molar-refractivity contribution in [1.82, 2.24) is 0 Å². The molecule has 2 aliphatic heterocycles. The number of nitrogens with zero attached hydrogens (tertiary/aromatic N) is 2. The summed E-state index contributed by atoms with van der Waals surface area (Å²) in [5.41, 5.74) is 3.02. The van der Waals surface area contributed by atoms with Crippen LogP contribution in [0.5, 0.6) is 0 Å². The van der Waals surface area contributed by atoms with Gasteiger partial charge in [0, 0.05) is 37.9 Å². The summed E-state index contributed by atoms with van der Waals surface area (Å²) in [6.45, 7) is 3.60. The van der Waals surface area contributed by atoms with Gasteiger partial charge in [-0.05, 0) is 73.2 Å². The van der Waals surface area contributed by atoms with Crippen LogP contribution in [0, 0.1) is 5.92 Å². The molecule has 2 heterocycles. The molecule has 2 aromatic carbocycles. The standard InChI is InChI=1S/C26H30F3N3O3S/c1-17(33)30-22-14-21(32-10-2-3-19-4-5-20(13-24(19)32)26(27,28)29)6-7-23(22)31-11-8-18(9-12-31)15-36-16-25(34)35/h4-7,13-14,18H,2-3,8-12,15-16H2,1H3,(H,30,33)(H,34,35). The van der Waals surface area contributed by atoms with Gasteiger partial charge in [-0.3, -0.25) is 9.59 Å². The zero-order chi connectivity index (χ0) is 25.9. The number of hydrogen-bond acceptors (Lipinski definition) is 5. The molecule has 0 radical (unpaired) electrons. The Labute approximate surface area is 212 Å². The van der Waals surface area contributed by atoms with Crippen molar-refractivity contribution in [3.8, 4) is 0 Å². The minimum Gasteiger partial charge on any atom is -0.481 e. The SMILES string of the molecule is CC(=O)Nc1cc(N2CCCc3ccc(C(F)(F)F)cc32)ccc1N1CCC(CSCC(=O)O)CC1. The maximum absolute atomic E-state index is 13.4. The highest BCUT2D eigenvalue weighted by molar-refractivity contribution is 7.99. The van der Waals surface area contributed by atoms with Crippen molar-refractivity contribution in [2.75, 3.05) is 46.3 Å². The molecule has 0 aliphatic carbocycles. The van der Waals surface area contributed by atoms with Gasteiger partial charge in [-0.15, -0.1) is 11.8 Å². The van der Waals surface area contributed by atoms with Crippen molar-refractivity contribution in [2.24, 2.45) is 5.92 Å². The van der Waals surface area contributed by atoms with Crippen molar-refractivity contribution in [3.63, 3.8) is 0 Å². The molecule has 2 aromatic rings. The molecule has 0 aromatic heterocycles. The summed E-state index contributed by atoms with van der Waals surface area (Å²) in [5.74, 6) is 0.349. The number of aryl methyl sites for hydroxylation is 1. The van der Waals surface area contributed by atoms with E-state index in [2.05, 4.69) is 10.2 Å². The molecular weight excluding hydrogens is 491 g/mol. The molecule has 1 amide bonds. The number of anilines is 4. The van der Waals surface area contributed by atoms with E-state index in [1.54, 1.807) is 6.07 Å². The van der Waals surface area contributed by atoms with E-state index in [0.717, 1.165) is 67.5 Å². The van der Waals surface area contributed by atoms with Crippen LogP contribution in [0.25, 0.3) is 0 Å². The van der Waals surface area contributed by atoms with Crippen molar-refractivity contribution in [1.29, 1.82) is 0 Å². The van der Waals surface area contributed by atoms with Gasteiger partial charge in [0.1, 0.15) is 0 Å². The van der Waals surface area contributed by atoms with Gasteiger partial charge in [0.05, 0.1) is 22.7 Å². The number of benzene rings is 2. The van der Waals surface area contributed by atoms with Gasteiger partial charge in [0.15, 0.2) is 0 Å². The van der Waals surface area contributed by atoms with Crippen LogP contribution in [0.3, 0.4) is 0 Å². The molecule has 0 saturated carbocycles. The fourth-order valence-corrected chi connectivity index (χ4v) is 5.89. The molecule has 10 heteroatoms. The summed E-state index contributed by atoms with van der Waals surface area (Å²) in [6, 6.07) is 9.60. The average Bonchev–Trinajstić information content (AvgIpc) is 2.83.